The SMILES string of the molecule is Cl.NCC1(C(=O)N2CCOC(c3cccc(C(F)(F)F)c3)C2)CCOCC1. The van der Waals surface area contributed by atoms with Gasteiger partial charge in [-0.15, -0.1) is 12.4 Å². The number of carbonyl (C=O) groups excluding carboxylic acids is 1. The van der Waals surface area contributed by atoms with Gasteiger partial charge in [0.1, 0.15) is 6.10 Å². The monoisotopic (exact) mass is 408 g/mol. The number of rotatable bonds is 3. The van der Waals surface area contributed by atoms with E-state index in [1.165, 1.54) is 6.07 Å². The lowest BCUT2D eigenvalue weighted by molar-refractivity contribution is -0.155. The molecule has 27 heavy (non-hydrogen) atoms. The largest absolute Gasteiger partial charge is 0.416 e. The van der Waals surface area contributed by atoms with E-state index in [9.17, 15) is 18.0 Å². The van der Waals surface area contributed by atoms with Crippen LogP contribution in [0.2, 0.25) is 0 Å². The lowest BCUT2D eigenvalue weighted by Crippen LogP contribution is -2.54. The van der Waals surface area contributed by atoms with E-state index in [4.69, 9.17) is 15.2 Å². The fourth-order valence-corrected chi connectivity index (χ4v) is 3.55. The van der Waals surface area contributed by atoms with E-state index in [1.54, 1.807) is 11.0 Å². The van der Waals surface area contributed by atoms with Gasteiger partial charge in [-0.25, -0.2) is 0 Å². The molecule has 0 bridgehead atoms. The first-order valence-electron chi connectivity index (χ1n) is 8.72. The first-order valence-corrected chi connectivity index (χ1v) is 8.72. The number of morpholine rings is 1. The van der Waals surface area contributed by atoms with E-state index >= 15 is 0 Å². The van der Waals surface area contributed by atoms with Gasteiger partial charge in [-0.05, 0) is 30.5 Å². The lowest BCUT2D eigenvalue weighted by Gasteiger charge is -2.42. The minimum atomic E-state index is -4.41. The van der Waals surface area contributed by atoms with E-state index in [0.717, 1.165) is 12.1 Å². The molecule has 5 nitrogen and oxygen atoms in total. The topological polar surface area (TPSA) is 64.8 Å². The Balaban J connectivity index is 0.00000261. The Morgan fingerprint density at radius 3 is 2.59 bits per heavy atom. The quantitative estimate of drug-likeness (QED) is 0.835. The Labute approximate surface area is 162 Å². The maximum absolute atomic E-state index is 13.1. The maximum Gasteiger partial charge on any atom is 0.416 e. The number of carbonyl (C=O) groups is 1. The minimum Gasteiger partial charge on any atom is -0.381 e. The third-order valence-electron chi connectivity index (χ3n) is 5.23. The van der Waals surface area contributed by atoms with Crippen molar-refractivity contribution in [3.8, 4) is 0 Å². The van der Waals surface area contributed by atoms with Gasteiger partial charge < -0.3 is 20.1 Å². The number of nitrogens with zero attached hydrogens (tertiary/aromatic N) is 1. The van der Waals surface area contributed by atoms with Gasteiger partial charge in [0.15, 0.2) is 0 Å². The highest BCUT2D eigenvalue weighted by molar-refractivity contribution is 5.85. The number of nitrogens with two attached hydrogens (primary N) is 1. The van der Waals surface area contributed by atoms with Crippen LogP contribution in [0.15, 0.2) is 24.3 Å². The number of alkyl halides is 3. The predicted octanol–water partition coefficient (Wildman–Crippen LogP) is 2.78. The summed E-state index contributed by atoms with van der Waals surface area (Å²) in [6.07, 6.45) is -3.86. The van der Waals surface area contributed by atoms with E-state index in [-0.39, 0.29) is 38.0 Å². The molecule has 9 heteroatoms. The van der Waals surface area contributed by atoms with Crippen LogP contribution in [-0.2, 0) is 20.4 Å². The molecule has 1 unspecified atom stereocenters. The zero-order valence-electron chi connectivity index (χ0n) is 14.8. The van der Waals surface area contributed by atoms with Crippen molar-refractivity contribution in [2.45, 2.75) is 25.1 Å². The van der Waals surface area contributed by atoms with Crippen molar-refractivity contribution < 1.29 is 27.4 Å². The number of halogens is 4. The highest BCUT2D eigenvalue weighted by atomic mass is 35.5. The van der Waals surface area contributed by atoms with Crippen LogP contribution in [0.4, 0.5) is 13.2 Å². The maximum atomic E-state index is 13.1. The van der Waals surface area contributed by atoms with E-state index in [1.807, 2.05) is 0 Å². The summed E-state index contributed by atoms with van der Waals surface area (Å²) in [5.74, 6) is -0.0522. The van der Waals surface area contributed by atoms with Crippen molar-refractivity contribution in [3.63, 3.8) is 0 Å². The molecule has 2 N–H and O–H groups in total. The van der Waals surface area contributed by atoms with E-state index in [2.05, 4.69) is 0 Å². The van der Waals surface area contributed by atoms with Crippen molar-refractivity contribution in [2.75, 3.05) is 39.5 Å². The van der Waals surface area contributed by atoms with Crippen molar-refractivity contribution in [2.24, 2.45) is 11.1 Å². The first kappa shape index (κ1) is 21.9. The number of hydrogen-bond acceptors (Lipinski definition) is 4. The Morgan fingerprint density at radius 1 is 1.26 bits per heavy atom. The summed E-state index contributed by atoms with van der Waals surface area (Å²) >= 11 is 0. The van der Waals surface area contributed by atoms with E-state index < -0.39 is 23.3 Å². The smallest absolute Gasteiger partial charge is 0.381 e. The molecule has 0 radical (unpaired) electrons. The van der Waals surface area contributed by atoms with Crippen LogP contribution < -0.4 is 5.73 Å². The molecule has 0 aromatic heterocycles. The number of amides is 1. The van der Waals surface area contributed by atoms with Crippen LogP contribution in [0, 0.1) is 5.41 Å². The molecule has 2 saturated heterocycles. The summed E-state index contributed by atoms with van der Waals surface area (Å²) < 4.78 is 49.8. The molecule has 2 heterocycles. The van der Waals surface area contributed by atoms with Gasteiger partial charge in [0, 0.05) is 26.3 Å². The average Bonchev–Trinajstić information content (AvgIpc) is 2.67. The number of benzene rings is 1. The number of ether oxygens (including phenoxy) is 2. The summed E-state index contributed by atoms with van der Waals surface area (Å²) in [5, 5.41) is 0. The zero-order chi connectivity index (χ0) is 18.8. The third kappa shape index (κ3) is 4.74. The van der Waals surface area contributed by atoms with Gasteiger partial charge in [0.2, 0.25) is 5.91 Å². The summed E-state index contributed by atoms with van der Waals surface area (Å²) in [6.45, 7) is 2.14. The van der Waals surface area contributed by atoms with Crippen molar-refractivity contribution >= 4 is 18.3 Å². The Kier molecular flexibility index (Phi) is 7.13. The second-order valence-electron chi connectivity index (χ2n) is 6.83. The van der Waals surface area contributed by atoms with Gasteiger partial charge in [-0.1, -0.05) is 12.1 Å². The van der Waals surface area contributed by atoms with Gasteiger partial charge in [-0.2, -0.15) is 13.2 Å². The second-order valence-corrected chi connectivity index (χ2v) is 6.83. The molecule has 1 aromatic rings. The predicted molar refractivity (Wildman–Crippen MR) is 95.5 cm³/mol. The summed E-state index contributed by atoms with van der Waals surface area (Å²) in [4.78, 5) is 14.7. The third-order valence-corrected chi connectivity index (χ3v) is 5.23. The van der Waals surface area contributed by atoms with Gasteiger partial charge in [-0.3, -0.25) is 4.79 Å². The van der Waals surface area contributed by atoms with Crippen LogP contribution >= 0.6 is 12.4 Å². The van der Waals surface area contributed by atoms with Crippen LogP contribution in [0.5, 0.6) is 0 Å². The van der Waals surface area contributed by atoms with Crippen molar-refractivity contribution in [1.29, 1.82) is 0 Å². The van der Waals surface area contributed by atoms with Crippen molar-refractivity contribution in [3.05, 3.63) is 35.4 Å². The molecule has 2 aliphatic rings. The molecule has 1 atom stereocenters. The summed E-state index contributed by atoms with van der Waals surface area (Å²) in [5.41, 5.74) is 4.96. The normalized spacial score (nSPS) is 22.8. The molecular weight excluding hydrogens is 385 g/mol. The molecular formula is C18H24ClF3N2O3. The van der Waals surface area contributed by atoms with Gasteiger partial charge in [0.25, 0.3) is 0 Å². The number of hydrogen-bond donors (Lipinski definition) is 1. The zero-order valence-corrected chi connectivity index (χ0v) is 15.7. The molecule has 0 saturated carbocycles. The molecule has 1 amide bonds. The van der Waals surface area contributed by atoms with Crippen LogP contribution in [-0.4, -0.2) is 50.3 Å². The molecule has 152 valence electrons. The fraction of sp³-hybridized carbons (Fsp3) is 0.611. The Bertz CT molecular complexity index is 651. The summed E-state index contributed by atoms with van der Waals surface area (Å²) in [7, 11) is 0. The molecule has 3 rings (SSSR count). The van der Waals surface area contributed by atoms with Crippen LogP contribution in [0.25, 0.3) is 0 Å². The highest BCUT2D eigenvalue weighted by Crippen LogP contribution is 2.35. The second kappa shape index (κ2) is 8.77. The Hall–Kier alpha value is -1.35. The first-order chi connectivity index (χ1) is 12.4. The molecule has 1 aromatic carbocycles. The minimum absolute atomic E-state index is 0. The Morgan fingerprint density at radius 2 is 1.96 bits per heavy atom. The lowest BCUT2D eigenvalue weighted by atomic mass is 9.78. The van der Waals surface area contributed by atoms with Crippen molar-refractivity contribution in [1.82, 2.24) is 4.90 Å². The fourth-order valence-electron chi connectivity index (χ4n) is 3.55. The molecule has 2 aliphatic heterocycles. The molecule has 0 aliphatic carbocycles. The standard InChI is InChI=1S/C18H23F3N2O3.ClH/c19-18(20,21)14-3-1-2-13(10-14)15-11-23(6-9-26-15)16(24)17(12-22)4-7-25-8-5-17;/h1-3,10,15H,4-9,11-12,22H2;1H. The van der Waals surface area contributed by atoms with Gasteiger partial charge >= 0.3 is 6.18 Å². The van der Waals surface area contributed by atoms with Crippen LogP contribution in [0.1, 0.15) is 30.1 Å². The van der Waals surface area contributed by atoms with Gasteiger partial charge in [0.05, 0.1) is 24.1 Å². The average molecular weight is 409 g/mol. The van der Waals surface area contributed by atoms with E-state index in [0.29, 0.717) is 38.2 Å². The highest BCUT2D eigenvalue weighted by Gasteiger charge is 2.43. The summed E-state index contributed by atoms with van der Waals surface area (Å²) in [6, 6.07) is 5.08. The molecule has 0 spiro atoms. The van der Waals surface area contributed by atoms with Crippen LogP contribution in [0.3, 0.4) is 0 Å². The molecule has 2 fully saturated rings.